The summed E-state index contributed by atoms with van der Waals surface area (Å²) in [7, 11) is 0. The number of benzene rings is 1. The smallest absolute Gasteiger partial charge is 0.0888 e. The molecule has 3 N–H and O–H groups in total. The van der Waals surface area contributed by atoms with Crippen molar-refractivity contribution in [1.82, 2.24) is 5.43 Å². The van der Waals surface area contributed by atoms with Crippen LogP contribution in [-0.2, 0) is 0 Å². The van der Waals surface area contributed by atoms with E-state index in [0.29, 0.717) is 0 Å². The summed E-state index contributed by atoms with van der Waals surface area (Å²) in [6, 6.07) is 10.1. The average molecular weight is 180 g/mol. The highest BCUT2D eigenvalue weighted by Crippen LogP contribution is 2.20. The minimum atomic E-state index is 0.0763. The molecule has 0 heterocycles. The van der Waals surface area contributed by atoms with Crippen molar-refractivity contribution in [3.8, 4) is 0 Å². The molecular formula is C9H12N2S. The van der Waals surface area contributed by atoms with Gasteiger partial charge in [-0.25, -0.2) is 5.43 Å². The monoisotopic (exact) mass is 180 g/mol. The molecule has 1 unspecified atom stereocenters. The summed E-state index contributed by atoms with van der Waals surface area (Å²) in [6.07, 6.45) is 1.78. The molecule has 64 valence electrons. The summed E-state index contributed by atoms with van der Waals surface area (Å²) in [4.78, 5) is 1.18. The Morgan fingerprint density at radius 3 is 2.58 bits per heavy atom. The molecule has 1 atom stereocenters. The molecule has 0 saturated carbocycles. The Kier molecular flexibility index (Phi) is 3.87. The van der Waals surface area contributed by atoms with E-state index in [1.807, 2.05) is 30.3 Å². The fourth-order valence-electron chi connectivity index (χ4n) is 0.796. The average Bonchev–Trinajstić information content (AvgIpc) is 2.16. The number of hydrogen-bond acceptors (Lipinski definition) is 3. The first-order valence-electron chi connectivity index (χ1n) is 3.67. The number of hydrogen-bond donors (Lipinski definition) is 2. The Bertz CT molecular complexity index is 236. The van der Waals surface area contributed by atoms with E-state index in [9.17, 15) is 0 Å². The molecule has 3 heteroatoms. The minimum Gasteiger partial charge on any atom is -0.270 e. The van der Waals surface area contributed by atoms with E-state index < -0.39 is 0 Å². The second-order valence-electron chi connectivity index (χ2n) is 2.25. The number of thioether (sulfide) groups is 1. The lowest BCUT2D eigenvalue weighted by Gasteiger charge is -2.09. The van der Waals surface area contributed by atoms with Crippen LogP contribution in [0.5, 0.6) is 0 Å². The van der Waals surface area contributed by atoms with Crippen molar-refractivity contribution in [2.75, 3.05) is 0 Å². The van der Waals surface area contributed by atoms with Crippen LogP contribution in [0.4, 0.5) is 0 Å². The molecule has 0 amide bonds. The highest BCUT2D eigenvalue weighted by molar-refractivity contribution is 8.00. The van der Waals surface area contributed by atoms with Gasteiger partial charge in [-0.15, -0.1) is 18.3 Å². The third-order valence-corrected chi connectivity index (χ3v) is 2.51. The lowest BCUT2D eigenvalue weighted by Crippen LogP contribution is -2.30. The van der Waals surface area contributed by atoms with E-state index in [0.717, 1.165) is 0 Å². The van der Waals surface area contributed by atoms with Crippen LogP contribution in [0.2, 0.25) is 0 Å². The first-order valence-corrected chi connectivity index (χ1v) is 4.55. The predicted molar refractivity (Wildman–Crippen MR) is 53.6 cm³/mol. The van der Waals surface area contributed by atoms with Gasteiger partial charge in [0.05, 0.1) is 5.37 Å². The molecule has 0 spiro atoms. The molecule has 0 aliphatic heterocycles. The molecule has 0 aliphatic carbocycles. The summed E-state index contributed by atoms with van der Waals surface area (Å²) in [6.45, 7) is 3.66. The predicted octanol–water partition coefficient (Wildman–Crippen LogP) is 1.75. The molecule has 0 bridgehead atoms. The SMILES string of the molecule is C=CC(NN)Sc1ccccc1. The van der Waals surface area contributed by atoms with Crippen LogP contribution in [0.1, 0.15) is 0 Å². The zero-order valence-electron chi connectivity index (χ0n) is 6.73. The highest BCUT2D eigenvalue weighted by Gasteiger charge is 2.01. The van der Waals surface area contributed by atoms with Crippen molar-refractivity contribution in [2.24, 2.45) is 5.84 Å². The molecule has 1 aromatic rings. The Hall–Kier alpha value is -0.770. The molecule has 0 aromatic heterocycles. The zero-order chi connectivity index (χ0) is 8.81. The van der Waals surface area contributed by atoms with E-state index in [-0.39, 0.29) is 5.37 Å². The number of nitrogens with one attached hydrogen (secondary N) is 1. The van der Waals surface area contributed by atoms with Gasteiger partial charge >= 0.3 is 0 Å². The highest BCUT2D eigenvalue weighted by atomic mass is 32.2. The Morgan fingerprint density at radius 2 is 2.08 bits per heavy atom. The molecule has 2 nitrogen and oxygen atoms in total. The Morgan fingerprint density at radius 1 is 1.42 bits per heavy atom. The minimum absolute atomic E-state index is 0.0763. The van der Waals surface area contributed by atoms with Gasteiger partial charge in [0.2, 0.25) is 0 Å². The molecular weight excluding hydrogens is 168 g/mol. The number of rotatable bonds is 4. The van der Waals surface area contributed by atoms with Crippen LogP contribution in [0.25, 0.3) is 0 Å². The quantitative estimate of drug-likeness (QED) is 0.244. The van der Waals surface area contributed by atoms with Gasteiger partial charge in [0.25, 0.3) is 0 Å². The summed E-state index contributed by atoms with van der Waals surface area (Å²) in [5.74, 6) is 5.29. The number of nitrogens with two attached hydrogens (primary N) is 1. The molecule has 0 fully saturated rings. The Labute approximate surface area is 76.8 Å². The maximum absolute atomic E-state index is 5.29. The third kappa shape index (κ3) is 2.70. The zero-order valence-corrected chi connectivity index (χ0v) is 7.55. The van der Waals surface area contributed by atoms with Crippen LogP contribution in [0, 0.1) is 0 Å². The van der Waals surface area contributed by atoms with Crippen LogP contribution >= 0.6 is 11.8 Å². The van der Waals surface area contributed by atoms with Crippen molar-refractivity contribution >= 4 is 11.8 Å². The fourth-order valence-corrected chi connectivity index (χ4v) is 1.57. The van der Waals surface area contributed by atoms with Gasteiger partial charge < -0.3 is 0 Å². The van der Waals surface area contributed by atoms with Gasteiger partial charge in [0.1, 0.15) is 0 Å². The second kappa shape index (κ2) is 4.98. The van der Waals surface area contributed by atoms with Gasteiger partial charge in [-0.2, -0.15) is 0 Å². The molecule has 0 aliphatic rings. The van der Waals surface area contributed by atoms with E-state index in [4.69, 9.17) is 5.84 Å². The Balaban J connectivity index is 2.56. The molecule has 0 saturated heterocycles. The summed E-state index contributed by atoms with van der Waals surface area (Å²) >= 11 is 1.63. The van der Waals surface area contributed by atoms with E-state index in [2.05, 4.69) is 12.0 Å². The lowest BCUT2D eigenvalue weighted by atomic mass is 10.4. The molecule has 0 radical (unpaired) electrons. The van der Waals surface area contributed by atoms with Gasteiger partial charge in [0, 0.05) is 4.90 Å². The first kappa shape index (κ1) is 9.32. The van der Waals surface area contributed by atoms with E-state index >= 15 is 0 Å². The van der Waals surface area contributed by atoms with Gasteiger partial charge in [-0.1, -0.05) is 24.3 Å². The molecule has 1 aromatic carbocycles. The van der Waals surface area contributed by atoms with Crippen molar-refractivity contribution in [1.29, 1.82) is 0 Å². The van der Waals surface area contributed by atoms with Crippen molar-refractivity contribution in [2.45, 2.75) is 10.3 Å². The van der Waals surface area contributed by atoms with Gasteiger partial charge in [-0.3, -0.25) is 5.84 Å². The largest absolute Gasteiger partial charge is 0.270 e. The maximum Gasteiger partial charge on any atom is 0.0888 e. The van der Waals surface area contributed by atoms with E-state index in [1.54, 1.807) is 17.8 Å². The first-order chi connectivity index (χ1) is 5.86. The van der Waals surface area contributed by atoms with Crippen molar-refractivity contribution in [3.63, 3.8) is 0 Å². The summed E-state index contributed by atoms with van der Waals surface area (Å²) < 4.78 is 0. The second-order valence-corrected chi connectivity index (χ2v) is 3.47. The van der Waals surface area contributed by atoms with Crippen LogP contribution in [0.3, 0.4) is 0 Å². The summed E-state index contributed by atoms with van der Waals surface area (Å²) in [5.41, 5.74) is 2.65. The molecule has 1 rings (SSSR count). The van der Waals surface area contributed by atoms with Crippen molar-refractivity contribution < 1.29 is 0 Å². The molecule has 12 heavy (non-hydrogen) atoms. The van der Waals surface area contributed by atoms with Gasteiger partial charge in [0.15, 0.2) is 0 Å². The van der Waals surface area contributed by atoms with Crippen molar-refractivity contribution in [3.05, 3.63) is 43.0 Å². The summed E-state index contributed by atoms with van der Waals surface area (Å²) in [5, 5.41) is 0.0763. The standard InChI is InChI=1S/C9H12N2S/c1-2-9(11-10)12-8-6-4-3-5-7-8/h2-7,9,11H,1,10H2. The van der Waals surface area contributed by atoms with Crippen LogP contribution < -0.4 is 11.3 Å². The lowest BCUT2D eigenvalue weighted by molar-refractivity contribution is 0.781. The van der Waals surface area contributed by atoms with Crippen LogP contribution in [-0.4, -0.2) is 5.37 Å². The fraction of sp³-hybridized carbons (Fsp3) is 0.111. The topological polar surface area (TPSA) is 38.0 Å². The van der Waals surface area contributed by atoms with Gasteiger partial charge in [-0.05, 0) is 12.1 Å². The van der Waals surface area contributed by atoms with E-state index in [1.165, 1.54) is 4.90 Å². The maximum atomic E-state index is 5.29. The van der Waals surface area contributed by atoms with Crippen LogP contribution in [0.15, 0.2) is 47.9 Å². The number of hydrazine groups is 1. The third-order valence-electron chi connectivity index (χ3n) is 1.38. The normalized spacial score (nSPS) is 12.4.